The molecule has 0 radical (unpaired) electrons. The number of benzene rings is 2. The number of carbonyl (C=O) groups is 1. The van der Waals surface area contributed by atoms with E-state index in [-0.39, 0.29) is 47.3 Å². The predicted molar refractivity (Wildman–Crippen MR) is 101 cm³/mol. The van der Waals surface area contributed by atoms with Crippen LogP contribution < -0.4 is 40.0 Å². The summed E-state index contributed by atoms with van der Waals surface area (Å²) in [5.41, 5.74) is 0.269. The van der Waals surface area contributed by atoms with Gasteiger partial charge in [-0.15, -0.1) is 0 Å². The van der Waals surface area contributed by atoms with Crippen LogP contribution in [0.15, 0.2) is 53.3 Å². The van der Waals surface area contributed by atoms with Gasteiger partial charge in [0, 0.05) is 19.3 Å². The molecule has 1 amide bonds. The molecule has 0 fully saturated rings. The fraction of sp³-hybridized carbons (Fsp3) is 0.158. The van der Waals surface area contributed by atoms with E-state index in [0.717, 1.165) is 0 Å². The Kier molecular flexibility index (Phi) is 6.53. The molecule has 3 aromatic rings. The van der Waals surface area contributed by atoms with Crippen LogP contribution in [0.25, 0.3) is 10.9 Å². The van der Waals surface area contributed by atoms with Crippen LogP contribution in [0, 0.1) is 0 Å². The van der Waals surface area contributed by atoms with Crippen molar-refractivity contribution in [3.05, 3.63) is 69.5 Å². The van der Waals surface area contributed by atoms with Crippen molar-refractivity contribution in [2.75, 3.05) is 11.4 Å². The van der Waals surface area contributed by atoms with Gasteiger partial charge < -0.3 is 16.0 Å². The van der Waals surface area contributed by atoms with E-state index in [1.54, 1.807) is 56.4 Å². The Morgan fingerprint density at radius 3 is 2.46 bits per heavy atom. The van der Waals surface area contributed by atoms with Gasteiger partial charge in [0.25, 0.3) is 11.5 Å². The minimum atomic E-state index is -0.563. The molecule has 0 saturated heterocycles. The summed E-state index contributed by atoms with van der Waals surface area (Å²) in [4.78, 5) is 27.2. The first kappa shape index (κ1) is 20.5. The number of pyridine rings is 1. The second-order valence-electron chi connectivity index (χ2n) is 5.61. The minimum Gasteiger partial charge on any atom is -1.00 e. The maximum Gasteiger partial charge on any atom is 1.00 e. The largest absolute Gasteiger partial charge is 1.00 e. The first-order chi connectivity index (χ1) is 12.0. The number of carbonyl (C=O) groups excluding carboxylic acids is 1. The van der Waals surface area contributed by atoms with Crippen LogP contribution >= 0.6 is 11.6 Å². The SMILES string of the molecule is CCN(C(=O)c1c(O)c2c(Cl)cccc2n(C)c1=O)c1ccccc1.[H-].[Na+]. The van der Waals surface area contributed by atoms with E-state index < -0.39 is 11.5 Å². The molecule has 0 aliphatic rings. The third-order valence-electron chi connectivity index (χ3n) is 4.19. The summed E-state index contributed by atoms with van der Waals surface area (Å²) in [5.74, 6) is -0.947. The summed E-state index contributed by atoms with van der Waals surface area (Å²) in [5, 5.41) is 11.2. The van der Waals surface area contributed by atoms with Crippen LogP contribution in [0.3, 0.4) is 0 Å². The monoisotopic (exact) mass is 380 g/mol. The third kappa shape index (κ3) is 3.40. The van der Waals surface area contributed by atoms with Gasteiger partial charge in [0.2, 0.25) is 0 Å². The van der Waals surface area contributed by atoms with Gasteiger partial charge in [-0.1, -0.05) is 35.9 Å². The molecule has 0 bridgehead atoms. The Hall–Kier alpha value is -1.79. The second-order valence-corrected chi connectivity index (χ2v) is 6.01. The van der Waals surface area contributed by atoms with E-state index in [4.69, 9.17) is 11.6 Å². The molecule has 130 valence electrons. The number of halogens is 1. The quantitative estimate of drug-likeness (QED) is 0.680. The van der Waals surface area contributed by atoms with Crippen LogP contribution in [0.1, 0.15) is 18.7 Å². The van der Waals surface area contributed by atoms with E-state index >= 15 is 0 Å². The smallest absolute Gasteiger partial charge is 1.00 e. The van der Waals surface area contributed by atoms with Crippen LogP contribution in [-0.4, -0.2) is 22.1 Å². The van der Waals surface area contributed by atoms with Crippen molar-refractivity contribution >= 4 is 34.1 Å². The van der Waals surface area contributed by atoms with Gasteiger partial charge in [0.1, 0.15) is 11.3 Å². The van der Waals surface area contributed by atoms with Crippen molar-refractivity contribution < 1.29 is 40.9 Å². The van der Waals surface area contributed by atoms with Gasteiger partial charge in [-0.05, 0) is 31.2 Å². The van der Waals surface area contributed by atoms with Crippen LogP contribution in [0.2, 0.25) is 5.02 Å². The zero-order valence-electron chi connectivity index (χ0n) is 15.9. The molecule has 0 saturated carbocycles. The normalized spacial score (nSPS) is 10.4. The summed E-state index contributed by atoms with van der Waals surface area (Å²) >= 11 is 6.19. The van der Waals surface area contributed by atoms with Crippen molar-refractivity contribution in [1.29, 1.82) is 0 Å². The number of nitrogens with zero attached hydrogens (tertiary/aromatic N) is 2. The number of rotatable bonds is 3. The zero-order valence-corrected chi connectivity index (χ0v) is 17.6. The Balaban J connectivity index is 0.00000182. The predicted octanol–water partition coefficient (Wildman–Crippen LogP) is 0.681. The molecule has 1 N–H and O–H groups in total. The van der Waals surface area contributed by atoms with Crippen molar-refractivity contribution in [2.24, 2.45) is 7.05 Å². The molecule has 2 aromatic carbocycles. The fourth-order valence-corrected chi connectivity index (χ4v) is 3.17. The second kappa shape index (κ2) is 8.27. The Labute approximate surface area is 179 Å². The summed E-state index contributed by atoms with van der Waals surface area (Å²) < 4.78 is 1.33. The van der Waals surface area contributed by atoms with Gasteiger partial charge in [-0.2, -0.15) is 0 Å². The van der Waals surface area contributed by atoms with Crippen molar-refractivity contribution in [3.63, 3.8) is 0 Å². The Morgan fingerprint density at radius 2 is 1.85 bits per heavy atom. The number of amides is 1. The molecule has 1 aromatic heterocycles. The van der Waals surface area contributed by atoms with E-state index in [9.17, 15) is 14.7 Å². The summed E-state index contributed by atoms with van der Waals surface area (Å²) in [6.45, 7) is 2.16. The van der Waals surface area contributed by atoms with Crippen LogP contribution in [0.5, 0.6) is 5.75 Å². The van der Waals surface area contributed by atoms with E-state index in [1.165, 1.54) is 9.47 Å². The molecule has 1 heterocycles. The number of hydrogen-bond acceptors (Lipinski definition) is 3. The number of aromatic hydroxyl groups is 1. The van der Waals surface area contributed by atoms with Gasteiger partial charge in [0.05, 0.1) is 15.9 Å². The van der Waals surface area contributed by atoms with Crippen molar-refractivity contribution in [3.8, 4) is 5.75 Å². The minimum absolute atomic E-state index is 0. The molecular formula is C19H18ClN2NaO3. The van der Waals surface area contributed by atoms with E-state index in [1.807, 2.05) is 6.07 Å². The van der Waals surface area contributed by atoms with E-state index in [2.05, 4.69) is 0 Å². The Bertz CT molecular complexity index is 1020. The number of aromatic nitrogens is 1. The van der Waals surface area contributed by atoms with Gasteiger partial charge in [-0.25, -0.2) is 0 Å². The third-order valence-corrected chi connectivity index (χ3v) is 4.50. The average molecular weight is 381 g/mol. The molecular weight excluding hydrogens is 363 g/mol. The van der Waals surface area contributed by atoms with Crippen LogP contribution in [0.4, 0.5) is 5.69 Å². The molecule has 5 nitrogen and oxygen atoms in total. The summed E-state index contributed by atoms with van der Waals surface area (Å²) in [6.07, 6.45) is 0. The number of aryl methyl sites for hydroxylation is 1. The standard InChI is InChI=1S/C19H17ClN2O3.Na.H/c1-3-22(12-8-5-4-6-9-12)19(25)16-17(23)15-13(20)10-7-11-14(15)21(2)18(16)24;;/h4-11,23H,3H2,1-2H3;;/q;+1;-1. The number of anilines is 1. The van der Waals surface area contributed by atoms with Crippen LogP contribution in [-0.2, 0) is 7.05 Å². The molecule has 26 heavy (non-hydrogen) atoms. The zero-order chi connectivity index (χ0) is 18.1. The Morgan fingerprint density at radius 1 is 1.19 bits per heavy atom. The molecule has 7 heteroatoms. The van der Waals surface area contributed by atoms with Gasteiger partial charge in [0.15, 0.2) is 0 Å². The fourth-order valence-electron chi connectivity index (χ4n) is 2.91. The summed E-state index contributed by atoms with van der Waals surface area (Å²) in [6, 6.07) is 14.0. The van der Waals surface area contributed by atoms with Gasteiger partial charge >= 0.3 is 29.6 Å². The summed E-state index contributed by atoms with van der Waals surface area (Å²) in [7, 11) is 1.55. The number of para-hydroxylation sites is 1. The molecule has 0 aliphatic carbocycles. The topological polar surface area (TPSA) is 62.5 Å². The first-order valence-corrected chi connectivity index (χ1v) is 8.22. The number of hydrogen-bond donors (Lipinski definition) is 1. The van der Waals surface area contributed by atoms with Crippen molar-refractivity contribution in [1.82, 2.24) is 4.57 Å². The number of fused-ring (bicyclic) bond motifs is 1. The average Bonchev–Trinajstić information content (AvgIpc) is 2.61. The van der Waals surface area contributed by atoms with E-state index in [0.29, 0.717) is 23.1 Å². The maximum absolute atomic E-state index is 13.0. The molecule has 0 spiro atoms. The molecule has 0 atom stereocenters. The van der Waals surface area contributed by atoms with Gasteiger partial charge in [-0.3, -0.25) is 9.59 Å². The molecule has 0 unspecified atom stereocenters. The molecule has 0 aliphatic heterocycles. The molecule has 3 rings (SSSR count). The first-order valence-electron chi connectivity index (χ1n) is 7.84. The maximum atomic E-state index is 13.0. The van der Waals surface area contributed by atoms with Crippen molar-refractivity contribution in [2.45, 2.75) is 6.92 Å².